The van der Waals surface area contributed by atoms with Crippen molar-refractivity contribution in [2.24, 2.45) is 23.2 Å². The molecule has 1 heterocycles. The lowest BCUT2D eigenvalue weighted by molar-refractivity contribution is -0.142. The number of carbonyl (C=O) groups is 2. The Hall–Kier alpha value is -1.76. The highest BCUT2D eigenvalue weighted by atomic mass is 32.2. The number of nitrogens with zero attached hydrogens (tertiary/aromatic N) is 1. The van der Waals surface area contributed by atoms with E-state index in [1.807, 2.05) is 13.8 Å². The van der Waals surface area contributed by atoms with Gasteiger partial charge >= 0.3 is 5.97 Å². The van der Waals surface area contributed by atoms with E-state index in [2.05, 4.69) is 0 Å². The molecule has 4 bridgehead atoms. The van der Waals surface area contributed by atoms with Crippen LogP contribution in [-0.2, 0) is 4.79 Å². The predicted molar refractivity (Wildman–Crippen MR) is 129 cm³/mol. The number of ether oxygens (including phenoxy) is 1. The molecular weight excluding hydrogens is 453 g/mol. The Balaban J connectivity index is 1.25. The minimum atomic E-state index is -1.05. The number of thioether (sulfide) groups is 1. The third kappa shape index (κ3) is 3.82. The van der Waals surface area contributed by atoms with Gasteiger partial charge in [-0.1, -0.05) is 0 Å². The molecule has 0 radical (unpaired) electrons. The smallest absolute Gasteiger partial charge is 0.327 e. The lowest BCUT2D eigenvalue weighted by Gasteiger charge is -2.56. The summed E-state index contributed by atoms with van der Waals surface area (Å²) in [5.74, 6) is 1.40. The zero-order valence-electron chi connectivity index (χ0n) is 20.0. The molecule has 1 aromatic carbocycles. The molecule has 5 nitrogen and oxygen atoms in total. The van der Waals surface area contributed by atoms with Crippen molar-refractivity contribution in [3.63, 3.8) is 0 Å². The largest absolute Gasteiger partial charge is 0.493 e. The number of carbonyl (C=O) groups excluding carboxylic acids is 1. The van der Waals surface area contributed by atoms with E-state index in [1.165, 1.54) is 61.3 Å². The molecule has 1 aliphatic heterocycles. The third-order valence-corrected chi connectivity index (χ3v) is 10.5. The fraction of sp³-hybridized carbons (Fsp3) is 0.704. The topological polar surface area (TPSA) is 66.8 Å². The molecule has 1 amide bonds. The fourth-order valence-electron chi connectivity index (χ4n) is 7.80. The monoisotopic (exact) mass is 487 g/mol. The molecule has 1 saturated heterocycles. The van der Waals surface area contributed by atoms with E-state index in [0.29, 0.717) is 12.4 Å². The van der Waals surface area contributed by atoms with Crippen molar-refractivity contribution in [3.8, 4) is 5.75 Å². The first kappa shape index (κ1) is 22.7. The van der Waals surface area contributed by atoms with Gasteiger partial charge in [-0.15, -0.1) is 11.8 Å². The van der Waals surface area contributed by atoms with E-state index < -0.39 is 28.5 Å². The van der Waals surface area contributed by atoms with E-state index in [4.69, 9.17) is 4.74 Å². The molecule has 1 aromatic rings. The van der Waals surface area contributed by atoms with Crippen LogP contribution in [0.1, 0.15) is 87.1 Å². The van der Waals surface area contributed by atoms with Gasteiger partial charge in [0, 0.05) is 16.2 Å². The summed E-state index contributed by atoms with van der Waals surface area (Å²) in [5.41, 5.74) is 1.11. The molecule has 34 heavy (non-hydrogen) atoms. The summed E-state index contributed by atoms with van der Waals surface area (Å²) in [6, 6.07) is 2.06. The second-order valence-electron chi connectivity index (χ2n) is 12.2. The quantitative estimate of drug-likeness (QED) is 0.559. The Kier molecular flexibility index (Phi) is 5.25. The Bertz CT molecular complexity index is 1000. The van der Waals surface area contributed by atoms with Crippen molar-refractivity contribution in [3.05, 3.63) is 29.1 Å². The number of hydrogen-bond acceptors (Lipinski definition) is 4. The van der Waals surface area contributed by atoms with Gasteiger partial charge in [0.1, 0.15) is 17.6 Å². The molecule has 6 aliphatic rings. The van der Waals surface area contributed by atoms with Crippen molar-refractivity contribution in [2.75, 3.05) is 12.5 Å². The van der Waals surface area contributed by atoms with Crippen LogP contribution in [0.15, 0.2) is 12.1 Å². The highest BCUT2D eigenvalue weighted by Gasteiger charge is 2.52. The Morgan fingerprint density at radius 2 is 1.74 bits per heavy atom. The summed E-state index contributed by atoms with van der Waals surface area (Å²) in [5, 5.41) is 9.75. The summed E-state index contributed by atoms with van der Waals surface area (Å²) in [6.45, 7) is 4.27. The highest BCUT2D eigenvalue weighted by molar-refractivity contribution is 8.00. The molecule has 184 valence electrons. The third-order valence-electron chi connectivity index (χ3n) is 9.09. The zero-order chi connectivity index (χ0) is 23.8. The maximum absolute atomic E-state index is 15.3. The number of benzene rings is 1. The lowest BCUT2D eigenvalue weighted by atomic mass is 9.50. The van der Waals surface area contributed by atoms with Crippen molar-refractivity contribution in [1.82, 2.24) is 4.90 Å². The standard InChI is InChI=1S/C27H34FNO4S/c1-26(2)23(25(31)32)29(14-34-26)24(30)20-8-19(18-3-4-18)22(9-21(20)28)33-13-27-10-15-5-16(11-27)7-17(6-15)12-27/h8-9,15-18,23H,3-7,10-14H2,1-2H3,(H,31,32)/t15?,16?,17?,23-,27?/m1/s1. The average molecular weight is 488 g/mol. The van der Waals surface area contributed by atoms with Crippen LogP contribution < -0.4 is 4.74 Å². The normalized spacial score (nSPS) is 35.6. The van der Waals surface area contributed by atoms with Crippen LogP contribution >= 0.6 is 11.8 Å². The highest BCUT2D eigenvalue weighted by Crippen LogP contribution is 2.60. The van der Waals surface area contributed by atoms with Gasteiger partial charge in [0.15, 0.2) is 0 Å². The summed E-state index contributed by atoms with van der Waals surface area (Å²) < 4.78 is 21.1. The van der Waals surface area contributed by atoms with Crippen LogP contribution in [-0.4, -0.2) is 45.2 Å². The maximum atomic E-state index is 15.3. The van der Waals surface area contributed by atoms with Crippen LogP contribution in [0.2, 0.25) is 0 Å². The van der Waals surface area contributed by atoms with Gasteiger partial charge in [0.05, 0.1) is 18.0 Å². The van der Waals surface area contributed by atoms with E-state index in [0.717, 1.165) is 36.2 Å². The Labute approximate surface area is 204 Å². The summed E-state index contributed by atoms with van der Waals surface area (Å²) in [6.07, 6.45) is 9.85. The van der Waals surface area contributed by atoms with Gasteiger partial charge in [0.2, 0.25) is 0 Å². The lowest BCUT2D eigenvalue weighted by Crippen LogP contribution is -2.49. The first-order valence-corrected chi connectivity index (χ1v) is 13.8. The van der Waals surface area contributed by atoms with Gasteiger partial charge in [0.25, 0.3) is 5.91 Å². The van der Waals surface area contributed by atoms with Gasteiger partial charge in [-0.2, -0.15) is 0 Å². The zero-order valence-corrected chi connectivity index (χ0v) is 20.8. The van der Waals surface area contributed by atoms with E-state index in [9.17, 15) is 14.7 Å². The first-order valence-electron chi connectivity index (χ1n) is 12.8. The van der Waals surface area contributed by atoms with E-state index in [1.54, 1.807) is 6.07 Å². The molecule has 1 N–H and O–H groups in total. The molecule has 6 fully saturated rings. The molecule has 5 saturated carbocycles. The van der Waals surface area contributed by atoms with Gasteiger partial charge < -0.3 is 14.7 Å². The van der Waals surface area contributed by atoms with Gasteiger partial charge in [-0.3, -0.25) is 4.79 Å². The molecule has 1 atom stereocenters. The van der Waals surface area contributed by atoms with Crippen LogP contribution in [0, 0.1) is 29.0 Å². The van der Waals surface area contributed by atoms with Crippen LogP contribution in [0.25, 0.3) is 0 Å². The minimum Gasteiger partial charge on any atom is -0.493 e. The SMILES string of the molecule is CC1(C)SCN(C(=O)c2cc(C3CC3)c(OCC34CC5CC(CC(C5)C3)C4)cc2F)[C@@H]1C(=O)O. The summed E-state index contributed by atoms with van der Waals surface area (Å²) >= 11 is 1.41. The minimum absolute atomic E-state index is 0.0337. The van der Waals surface area contributed by atoms with Gasteiger partial charge in [-0.05, 0) is 101 Å². The second kappa shape index (κ2) is 7.87. The van der Waals surface area contributed by atoms with E-state index >= 15 is 4.39 Å². The van der Waals surface area contributed by atoms with Crippen molar-refractivity contribution < 1.29 is 23.8 Å². The summed E-state index contributed by atoms with van der Waals surface area (Å²) in [4.78, 5) is 26.6. The van der Waals surface area contributed by atoms with Crippen molar-refractivity contribution in [1.29, 1.82) is 0 Å². The maximum Gasteiger partial charge on any atom is 0.327 e. The second-order valence-corrected chi connectivity index (χ2v) is 13.8. The van der Waals surface area contributed by atoms with Crippen molar-refractivity contribution in [2.45, 2.75) is 81.9 Å². The predicted octanol–water partition coefficient (Wildman–Crippen LogP) is 5.68. The molecule has 0 unspecified atom stereocenters. The molecule has 7 heteroatoms. The molecule has 5 aliphatic carbocycles. The first-order chi connectivity index (χ1) is 16.1. The molecule has 0 aromatic heterocycles. The number of carboxylic acids is 1. The number of carboxylic acid groups (broad SMARTS) is 1. The fourth-order valence-corrected chi connectivity index (χ4v) is 8.92. The van der Waals surface area contributed by atoms with E-state index in [-0.39, 0.29) is 22.8 Å². The van der Waals surface area contributed by atoms with Crippen LogP contribution in [0.5, 0.6) is 5.75 Å². The van der Waals surface area contributed by atoms with Crippen LogP contribution in [0.3, 0.4) is 0 Å². The Morgan fingerprint density at radius 1 is 1.12 bits per heavy atom. The molecule has 0 spiro atoms. The number of halogens is 1. The Morgan fingerprint density at radius 3 is 2.29 bits per heavy atom. The van der Waals surface area contributed by atoms with Crippen molar-refractivity contribution >= 4 is 23.6 Å². The molecule has 7 rings (SSSR count). The molecular formula is C27H34FNO4S. The number of hydrogen-bond donors (Lipinski definition) is 1. The number of aliphatic carboxylic acids is 1. The van der Waals surface area contributed by atoms with Gasteiger partial charge in [-0.25, -0.2) is 9.18 Å². The van der Waals surface area contributed by atoms with Crippen LogP contribution in [0.4, 0.5) is 4.39 Å². The average Bonchev–Trinajstić information content (AvgIpc) is 3.53. The number of amides is 1. The number of rotatable bonds is 6. The summed E-state index contributed by atoms with van der Waals surface area (Å²) in [7, 11) is 0.